The standard InChI is InChI=1S/C29H42FN5O3S/c1-6-15-35(16-7-8-22-9-12-24(30)13-10-22)18-23-11-14-25(34(5)21(4)37)17-26(23)32-28(38)33-29-31-19(2)27(39-29)20(3)36/h9-10,12-13,23,25-26H,6-8,11,14-18H2,1-5H3,(H2,31,32,33,38)/t23-,25-,26+/m0/s1. The van der Waals surface area contributed by atoms with E-state index in [0.717, 1.165) is 57.3 Å². The van der Waals surface area contributed by atoms with E-state index in [-0.39, 0.29) is 41.5 Å². The monoisotopic (exact) mass is 559 g/mol. The van der Waals surface area contributed by atoms with E-state index in [1.165, 1.54) is 30.4 Å². The van der Waals surface area contributed by atoms with E-state index in [1.54, 1.807) is 18.7 Å². The molecule has 3 amide bonds. The molecular formula is C29H42FN5O3S. The van der Waals surface area contributed by atoms with Crippen molar-refractivity contribution in [1.82, 2.24) is 20.1 Å². The quantitative estimate of drug-likeness (QED) is 0.345. The van der Waals surface area contributed by atoms with Crippen LogP contribution in [0.1, 0.15) is 73.8 Å². The number of halogens is 1. The third-order valence-electron chi connectivity index (χ3n) is 7.55. The highest BCUT2D eigenvalue weighted by Crippen LogP contribution is 2.29. The molecule has 0 aliphatic heterocycles. The number of Topliss-reactive ketones (excluding diaryl/α,β-unsaturated/α-hetero) is 1. The Bertz CT molecular complexity index is 1120. The summed E-state index contributed by atoms with van der Waals surface area (Å²) in [7, 11) is 1.82. The number of hydrogen-bond acceptors (Lipinski definition) is 6. The number of nitrogens with zero attached hydrogens (tertiary/aromatic N) is 3. The predicted octanol–water partition coefficient (Wildman–Crippen LogP) is 5.28. The zero-order valence-electron chi connectivity index (χ0n) is 23.8. The number of rotatable bonds is 12. The number of anilines is 1. The molecule has 1 heterocycles. The Balaban J connectivity index is 1.66. The number of urea groups is 1. The SMILES string of the molecule is CCCN(CCCc1ccc(F)cc1)C[C@@H]1CC[C@H](N(C)C(C)=O)C[C@H]1NC(=O)Nc1nc(C)c(C(C)=O)s1. The highest BCUT2D eigenvalue weighted by Gasteiger charge is 2.35. The summed E-state index contributed by atoms with van der Waals surface area (Å²) in [4.78, 5) is 46.0. The van der Waals surface area contributed by atoms with Gasteiger partial charge in [0.25, 0.3) is 0 Å². The minimum Gasteiger partial charge on any atom is -0.343 e. The number of aromatic nitrogens is 1. The molecule has 0 saturated heterocycles. The van der Waals surface area contributed by atoms with Crippen LogP contribution in [0, 0.1) is 18.7 Å². The van der Waals surface area contributed by atoms with Gasteiger partial charge in [0.05, 0.1) is 10.6 Å². The van der Waals surface area contributed by atoms with Crippen LogP contribution >= 0.6 is 11.3 Å². The molecule has 1 aromatic heterocycles. The molecule has 1 aliphatic carbocycles. The molecule has 1 aliphatic rings. The fraction of sp³-hybridized carbons (Fsp3) is 0.586. The van der Waals surface area contributed by atoms with Crippen LogP contribution in [0.25, 0.3) is 0 Å². The zero-order chi connectivity index (χ0) is 28.5. The topological polar surface area (TPSA) is 94.6 Å². The van der Waals surface area contributed by atoms with Gasteiger partial charge in [-0.15, -0.1) is 0 Å². The Morgan fingerprint density at radius 2 is 1.85 bits per heavy atom. The number of thiazole rings is 1. The zero-order valence-corrected chi connectivity index (χ0v) is 24.6. The molecule has 0 spiro atoms. The van der Waals surface area contributed by atoms with Crippen LogP contribution in [0.15, 0.2) is 24.3 Å². The third-order valence-corrected chi connectivity index (χ3v) is 8.72. The van der Waals surface area contributed by atoms with Crippen LogP contribution in [-0.2, 0) is 11.2 Å². The van der Waals surface area contributed by atoms with E-state index < -0.39 is 0 Å². The molecular weight excluding hydrogens is 517 g/mol. The minimum absolute atomic E-state index is 0.0186. The summed E-state index contributed by atoms with van der Waals surface area (Å²) < 4.78 is 13.2. The van der Waals surface area contributed by atoms with Crippen molar-refractivity contribution in [2.45, 2.75) is 78.3 Å². The lowest BCUT2D eigenvalue weighted by molar-refractivity contribution is -0.130. The highest BCUT2D eigenvalue weighted by atomic mass is 32.1. The van der Waals surface area contributed by atoms with Gasteiger partial charge in [-0.2, -0.15) is 0 Å². The van der Waals surface area contributed by atoms with Gasteiger partial charge in [-0.3, -0.25) is 14.9 Å². The van der Waals surface area contributed by atoms with E-state index in [9.17, 15) is 18.8 Å². The first kappa shape index (κ1) is 30.7. The Labute approximate surface area is 235 Å². The summed E-state index contributed by atoms with van der Waals surface area (Å²) in [6.07, 6.45) is 5.35. The van der Waals surface area contributed by atoms with Crippen LogP contribution in [0.2, 0.25) is 0 Å². The number of amides is 3. The number of nitrogens with one attached hydrogen (secondary N) is 2. The van der Waals surface area contributed by atoms with E-state index >= 15 is 0 Å². The molecule has 3 rings (SSSR count). The van der Waals surface area contributed by atoms with Crippen molar-refractivity contribution in [2.24, 2.45) is 5.92 Å². The smallest absolute Gasteiger partial charge is 0.321 e. The Morgan fingerprint density at radius 3 is 2.46 bits per heavy atom. The van der Waals surface area contributed by atoms with Gasteiger partial charge >= 0.3 is 6.03 Å². The maximum Gasteiger partial charge on any atom is 0.321 e. The van der Waals surface area contributed by atoms with Gasteiger partial charge in [0.15, 0.2) is 10.9 Å². The second-order valence-electron chi connectivity index (χ2n) is 10.6. The minimum atomic E-state index is -0.349. The van der Waals surface area contributed by atoms with Crippen LogP contribution in [-0.4, -0.2) is 71.3 Å². The summed E-state index contributed by atoms with van der Waals surface area (Å²) in [6, 6.07) is 6.29. The molecule has 0 bridgehead atoms. The number of carbonyl (C=O) groups is 3. The lowest BCUT2D eigenvalue weighted by atomic mass is 9.80. The van der Waals surface area contributed by atoms with Crippen LogP contribution < -0.4 is 10.6 Å². The average molecular weight is 560 g/mol. The van der Waals surface area contributed by atoms with Gasteiger partial charge in [0, 0.05) is 39.5 Å². The van der Waals surface area contributed by atoms with Gasteiger partial charge < -0.3 is 15.1 Å². The molecule has 10 heteroatoms. The third kappa shape index (κ3) is 9.10. The van der Waals surface area contributed by atoms with E-state index in [2.05, 4.69) is 27.4 Å². The summed E-state index contributed by atoms with van der Waals surface area (Å²) in [5.41, 5.74) is 1.74. The first-order chi connectivity index (χ1) is 18.6. The van der Waals surface area contributed by atoms with Crippen molar-refractivity contribution in [3.05, 3.63) is 46.2 Å². The van der Waals surface area contributed by atoms with Crippen molar-refractivity contribution >= 4 is 34.2 Å². The molecule has 8 nitrogen and oxygen atoms in total. The van der Waals surface area contributed by atoms with E-state index in [0.29, 0.717) is 22.1 Å². The van der Waals surface area contributed by atoms with Gasteiger partial charge in [0.1, 0.15) is 5.82 Å². The lowest BCUT2D eigenvalue weighted by Gasteiger charge is -2.41. The molecule has 214 valence electrons. The summed E-state index contributed by atoms with van der Waals surface area (Å²) in [5, 5.41) is 6.37. The Morgan fingerprint density at radius 1 is 1.13 bits per heavy atom. The fourth-order valence-electron chi connectivity index (χ4n) is 5.39. The van der Waals surface area contributed by atoms with Crippen molar-refractivity contribution in [1.29, 1.82) is 0 Å². The number of hydrogen-bond donors (Lipinski definition) is 2. The highest BCUT2D eigenvalue weighted by molar-refractivity contribution is 7.17. The molecule has 0 unspecified atom stereocenters. The largest absolute Gasteiger partial charge is 0.343 e. The lowest BCUT2D eigenvalue weighted by Crippen LogP contribution is -2.53. The second kappa shape index (κ2) is 14.5. The molecule has 1 aromatic carbocycles. The molecule has 1 saturated carbocycles. The van der Waals surface area contributed by atoms with E-state index in [1.807, 2.05) is 19.2 Å². The van der Waals surface area contributed by atoms with Gasteiger partial charge in [-0.25, -0.2) is 14.2 Å². The second-order valence-corrected chi connectivity index (χ2v) is 11.6. The molecule has 0 radical (unpaired) electrons. The van der Waals surface area contributed by atoms with Crippen molar-refractivity contribution in [3.63, 3.8) is 0 Å². The molecule has 3 atom stereocenters. The van der Waals surface area contributed by atoms with Gasteiger partial charge in [0.2, 0.25) is 5.91 Å². The van der Waals surface area contributed by atoms with Gasteiger partial charge in [-0.05, 0) is 82.2 Å². The van der Waals surface area contributed by atoms with Gasteiger partial charge in [-0.1, -0.05) is 30.4 Å². The van der Waals surface area contributed by atoms with E-state index in [4.69, 9.17) is 0 Å². The van der Waals surface area contributed by atoms with Crippen molar-refractivity contribution in [2.75, 3.05) is 32.0 Å². The molecule has 2 N–H and O–H groups in total. The summed E-state index contributed by atoms with van der Waals surface area (Å²) in [5.74, 6) is -0.0405. The molecule has 1 fully saturated rings. The van der Waals surface area contributed by atoms with Crippen molar-refractivity contribution < 1.29 is 18.8 Å². The number of aryl methyl sites for hydroxylation is 2. The maximum atomic E-state index is 13.2. The first-order valence-electron chi connectivity index (χ1n) is 13.8. The molecule has 2 aromatic rings. The van der Waals surface area contributed by atoms with Crippen LogP contribution in [0.5, 0.6) is 0 Å². The predicted molar refractivity (Wildman–Crippen MR) is 154 cm³/mol. The normalized spacial score (nSPS) is 19.1. The van der Waals surface area contributed by atoms with Crippen molar-refractivity contribution in [3.8, 4) is 0 Å². The summed E-state index contributed by atoms with van der Waals surface area (Å²) >= 11 is 1.18. The van der Waals surface area contributed by atoms with Crippen LogP contribution in [0.3, 0.4) is 0 Å². The average Bonchev–Trinajstić information content (AvgIpc) is 3.25. The maximum absolute atomic E-state index is 13.2. The number of benzene rings is 1. The first-order valence-corrected chi connectivity index (χ1v) is 14.6. The molecule has 39 heavy (non-hydrogen) atoms. The Hall–Kier alpha value is -2.85. The summed E-state index contributed by atoms with van der Waals surface area (Å²) in [6.45, 7) is 9.72. The Kier molecular flexibility index (Phi) is 11.4. The number of ketones is 1. The van der Waals surface area contributed by atoms with Crippen LogP contribution in [0.4, 0.5) is 14.3 Å². The number of carbonyl (C=O) groups excluding carboxylic acids is 3. The fourth-order valence-corrected chi connectivity index (χ4v) is 6.25.